The zero-order chi connectivity index (χ0) is 18.4. The summed E-state index contributed by atoms with van der Waals surface area (Å²) in [5.41, 5.74) is 6.26. The quantitative estimate of drug-likeness (QED) is 0.534. The van der Waals surface area contributed by atoms with Crippen molar-refractivity contribution < 1.29 is 28.1 Å². The van der Waals surface area contributed by atoms with E-state index in [0.29, 0.717) is 0 Å². The van der Waals surface area contributed by atoms with Gasteiger partial charge in [-0.25, -0.2) is 15.0 Å². The lowest BCUT2D eigenvalue weighted by molar-refractivity contribution is -0.129. The number of nitrogens with two attached hydrogens (primary N) is 1. The van der Waals surface area contributed by atoms with E-state index < -0.39 is 37.1 Å². The molecule has 25 heavy (non-hydrogen) atoms. The molecule has 1 aliphatic rings. The molecule has 4 atom stereocenters. The minimum Gasteiger partial charge on any atom is -0.388 e. The number of halogens is 3. The van der Waals surface area contributed by atoms with Crippen molar-refractivity contribution >= 4 is 28.7 Å². The average molecular weight is 379 g/mol. The van der Waals surface area contributed by atoms with Gasteiger partial charge in [-0.05, 0) is 6.92 Å². The zero-order valence-corrected chi connectivity index (χ0v) is 13.8. The Morgan fingerprint density at radius 1 is 1.32 bits per heavy atom. The van der Waals surface area contributed by atoms with Gasteiger partial charge in [-0.15, -0.1) is 0 Å². The molecule has 3 rings (SSSR count). The lowest BCUT2D eigenvalue weighted by Gasteiger charge is -2.16. The van der Waals surface area contributed by atoms with Gasteiger partial charge in [0.05, 0.1) is 18.9 Å². The maximum atomic E-state index is 12.3. The van der Waals surface area contributed by atoms with Crippen LogP contribution in [0.5, 0.6) is 0 Å². The van der Waals surface area contributed by atoms with E-state index in [1.165, 1.54) is 10.9 Å². The van der Waals surface area contributed by atoms with Gasteiger partial charge in [0.25, 0.3) is 0 Å². The first-order valence-electron chi connectivity index (χ1n) is 7.38. The Labute approximate surface area is 144 Å². The van der Waals surface area contributed by atoms with Crippen molar-refractivity contribution in [1.82, 2.24) is 19.5 Å². The summed E-state index contributed by atoms with van der Waals surface area (Å²) in [7, 11) is 0. The molecule has 12 heteroatoms. The largest absolute Gasteiger partial charge is 0.389 e. The maximum Gasteiger partial charge on any atom is 0.389 e. The third-order valence-corrected chi connectivity index (χ3v) is 4.64. The number of rotatable bonds is 4. The molecule has 0 radical (unpaired) electrons. The van der Waals surface area contributed by atoms with Crippen molar-refractivity contribution in [2.24, 2.45) is 0 Å². The highest BCUT2D eigenvalue weighted by Gasteiger charge is 2.42. The summed E-state index contributed by atoms with van der Waals surface area (Å²) in [5, 5.41) is 20.0. The SMILES string of the molecule is CC1OC(n2cnc3c(N)nc(SCCC(F)(F)F)nc32)[C@H](O)[C@@H]1O. The summed E-state index contributed by atoms with van der Waals surface area (Å²) in [6.45, 7) is 1.61. The smallest absolute Gasteiger partial charge is 0.388 e. The van der Waals surface area contributed by atoms with Crippen LogP contribution in [0.15, 0.2) is 11.5 Å². The average Bonchev–Trinajstić information content (AvgIpc) is 3.03. The third kappa shape index (κ3) is 3.66. The maximum absolute atomic E-state index is 12.3. The number of fused-ring (bicyclic) bond motifs is 1. The number of aliphatic hydroxyl groups is 2. The molecule has 0 aliphatic carbocycles. The normalized spacial score (nSPS) is 27.3. The van der Waals surface area contributed by atoms with Crippen LogP contribution in [0.2, 0.25) is 0 Å². The fourth-order valence-electron chi connectivity index (χ4n) is 2.48. The van der Waals surface area contributed by atoms with Gasteiger partial charge < -0.3 is 20.7 Å². The number of imidazole rings is 1. The summed E-state index contributed by atoms with van der Waals surface area (Å²) < 4.78 is 43.7. The van der Waals surface area contributed by atoms with Crippen molar-refractivity contribution in [3.63, 3.8) is 0 Å². The monoisotopic (exact) mass is 379 g/mol. The number of thioether (sulfide) groups is 1. The first-order valence-corrected chi connectivity index (χ1v) is 8.37. The Bertz CT molecular complexity index is 771. The number of anilines is 1. The van der Waals surface area contributed by atoms with Crippen LogP contribution < -0.4 is 5.73 Å². The lowest BCUT2D eigenvalue weighted by atomic mass is 10.1. The molecular weight excluding hydrogens is 363 g/mol. The van der Waals surface area contributed by atoms with E-state index in [-0.39, 0.29) is 27.9 Å². The molecule has 0 amide bonds. The number of ether oxygens (including phenoxy) is 1. The van der Waals surface area contributed by atoms with Gasteiger partial charge >= 0.3 is 6.18 Å². The van der Waals surface area contributed by atoms with Gasteiger partial charge in [-0.3, -0.25) is 4.57 Å². The van der Waals surface area contributed by atoms with Crippen LogP contribution in [0, 0.1) is 0 Å². The summed E-state index contributed by atoms with van der Waals surface area (Å²) in [4.78, 5) is 12.2. The molecule has 1 saturated heterocycles. The Morgan fingerprint density at radius 3 is 2.64 bits per heavy atom. The second-order valence-corrected chi connectivity index (χ2v) is 6.70. The number of nitrogens with zero attached hydrogens (tertiary/aromatic N) is 4. The minimum absolute atomic E-state index is 0.0133. The number of nitrogen functional groups attached to an aromatic ring is 1. The minimum atomic E-state index is -4.27. The molecule has 4 N–H and O–H groups in total. The van der Waals surface area contributed by atoms with Crippen molar-refractivity contribution in [3.8, 4) is 0 Å². The van der Waals surface area contributed by atoms with Crippen LogP contribution >= 0.6 is 11.8 Å². The lowest BCUT2D eigenvalue weighted by Crippen LogP contribution is -2.30. The Hall–Kier alpha value is -1.63. The highest BCUT2D eigenvalue weighted by atomic mass is 32.2. The first kappa shape index (κ1) is 18.2. The summed E-state index contributed by atoms with van der Waals surface area (Å²) >= 11 is 0.817. The molecular formula is C13H16F3N5O3S. The van der Waals surface area contributed by atoms with Crippen LogP contribution in [-0.2, 0) is 4.74 Å². The molecule has 2 aromatic rings. The van der Waals surface area contributed by atoms with Crippen LogP contribution in [0.1, 0.15) is 19.6 Å². The highest BCUT2D eigenvalue weighted by molar-refractivity contribution is 7.99. The van der Waals surface area contributed by atoms with Crippen molar-refractivity contribution in [2.45, 2.75) is 49.2 Å². The highest BCUT2D eigenvalue weighted by Crippen LogP contribution is 2.33. The van der Waals surface area contributed by atoms with Gasteiger partial charge in [-0.2, -0.15) is 13.2 Å². The summed E-state index contributed by atoms with van der Waals surface area (Å²) in [6, 6.07) is 0. The third-order valence-electron chi connectivity index (χ3n) is 3.80. The molecule has 8 nitrogen and oxygen atoms in total. The van der Waals surface area contributed by atoms with E-state index in [1.807, 2.05) is 0 Å². The molecule has 0 aromatic carbocycles. The standard InChI is InChI=1S/C13H16F3N5O3S/c1-5-7(22)8(23)11(24-5)21-4-18-6-9(17)19-12(20-10(6)21)25-3-2-13(14,15)16/h4-5,7-8,11,22-23H,2-3H2,1H3,(H2,17,19,20)/t5?,7-,8-,11?/m1/s1. The molecule has 0 bridgehead atoms. The second kappa shape index (κ2) is 6.59. The predicted octanol–water partition coefficient (Wildman–Crippen LogP) is 1.09. The molecule has 1 fully saturated rings. The Balaban J connectivity index is 1.89. The fraction of sp³-hybridized carbons (Fsp3) is 0.615. The molecule has 138 valence electrons. The van der Waals surface area contributed by atoms with Crippen molar-refractivity contribution in [3.05, 3.63) is 6.33 Å². The molecule has 2 aromatic heterocycles. The topological polar surface area (TPSA) is 119 Å². The molecule has 0 spiro atoms. The molecule has 1 aliphatic heterocycles. The van der Waals surface area contributed by atoms with Crippen LogP contribution in [-0.4, -0.2) is 60.0 Å². The van der Waals surface area contributed by atoms with Crippen LogP contribution in [0.4, 0.5) is 19.0 Å². The van der Waals surface area contributed by atoms with E-state index in [0.717, 1.165) is 11.8 Å². The molecule has 3 heterocycles. The van der Waals surface area contributed by atoms with Gasteiger partial charge in [0.2, 0.25) is 0 Å². The van der Waals surface area contributed by atoms with E-state index in [4.69, 9.17) is 10.5 Å². The molecule has 0 saturated carbocycles. The Morgan fingerprint density at radius 2 is 2.04 bits per heavy atom. The van der Waals surface area contributed by atoms with Crippen molar-refractivity contribution in [2.75, 3.05) is 11.5 Å². The number of aliphatic hydroxyl groups excluding tert-OH is 2. The number of alkyl halides is 3. The van der Waals surface area contributed by atoms with Crippen molar-refractivity contribution in [1.29, 1.82) is 0 Å². The first-order chi connectivity index (χ1) is 11.7. The number of hydrogen-bond acceptors (Lipinski definition) is 8. The van der Waals surface area contributed by atoms with Gasteiger partial charge in [0, 0.05) is 5.75 Å². The van der Waals surface area contributed by atoms with E-state index >= 15 is 0 Å². The summed E-state index contributed by atoms with van der Waals surface area (Å²) in [6.07, 6.45) is -7.73. The fourth-order valence-corrected chi connectivity index (χ4v) is 3.31. The second-order valence-electron chi connectivity index (χ2n) is 5.64. The number of hydrogen-bond donors (Lipinski definition) is 3. The van der Waals surface area contributed by atoms with Gasteiger partial charge in [0.1, 0.15) is 17.7 Å². The van der Waals surface area contributed by atoms with Crippen LogP contribution in [0.25, 0.3) is 11.2 Å². The number of aromatic nitrogens is 4. The van der Waals surface area contributed by atoms with E-state index in [1.54, 1.807) is 6.92 Å². The van der Waals surface area contributed by atoms with Gasteiger partial charge in [-0.1, -0.05) is 11.8 Å². The van der Waals surface area contributed by atoms with Crippen LogP contribution in [0.3, 0.4) is 0 Å². The summed E-state index contributed by atoms with van der Waals surface area (Å²) in [5.74, 6) is -0.236. The van der Waals surface area contributed by atoms with E-state index in [2.05, 4.69) is 15.0 Å². The van der Waals surface area contributed by atoms with Gasteiger partial charge in [0.15, 0.2) is 22.8 Å². The van der Waals surface area contributed by atoms with E-state index in [9.17, 15) is 23.4 Å². The predicted molar refractivity (Wildman–Crippen MR) is 82.7 cm³/mol. The zero-order valence-electron chi connectivity index (χ0n) is 13.0. The molecule has 2 unspecified atom stereocenters. The Kier molecular flexibility index (Phi) is 4.79.